The fraction of sp³-hybridized carbons (Fsp3) is 0.762. The fourth-order valence-electron chi connectivity index (χ4n) is 2.65. The molecule has 7 heteroatoms. The first-order valence-electron chi connectivity index (χ1n) is 10.3. The van der Waals surface area contributed by atoms with Crippen molar-refractivity contribution < 1.29 is 23.9 Å². The van der Waals surface area contributed by atoms with Gasteiger partial charge in [-0.25, -0.2) is 9.59 Å². The molecule has 0 rings (SSSR count). The zero-order chi connectivity index (χ0) is 21.5. The molecule has 0 aliphatic heterocycles. The van der Waals surface area contributed by atoms with Crippen molar-refractivity contribution in [1.82, 2.24) is 9.80 Å². The van der Waals surface area contributed by atoms with Crippen LogP contribution in [0.1, 0.15) is 72.1 Å². The van der Waals surface area contributed by atoms with Crippen molar-refractivity contribution in [2.75, 3.05) is 20.7 Å². The van der Waals surface area contributed by atoms with Crippen LogP contribution in [0.3, 0.4) is 0 Å². The van der Waals surface area contributed by atoms with Gasteiger partial charge in [0.05, 0.1) is 12.9 Å². The minimum atomic E-state index is -0.777. The molecule has 0 fully saturated rings. The van der Waals surface area contributed by atoms with Crippen LogP contribution >= 0.6 is 0 Å². The van der Waals surface area contributed by atoms with Gasteiger partial charge in [0.1, 0.15) is 12.1 Å². The minimum Gasteiger partial charge on any atom is -0.464 e. The molecule has 0 aromatic carbocycles. The van der Waals surface area contributed by atoms with Gasteiger partial charge in [-0.05, 0) is 20.3 Å². The molecule has 7 nitrogen and oxygen atoms in total. The highest BCUT2D eigenvalue weighted by atomic mass is 16.5. The monoisotopic (exact) mass is 398 g/mol. The smallest absolute Gasteiger partial charge is 0.415 e. The van der Waals surface area contributed by atoms with Gasteiger partial charge >= 0.3 is 12.1 Å². The van der Waals surface area contributed by atoms with Gasteiger partial charge < -0.3 is 14.4 Å². The lowest BCUT2D eigenvalue weighted by Gasteiger charge is -2.30. The van der Waals surface area contributed by atoms with Crippen LogP contribution in [0, 0.1) is 0 Å². The summed E-state index contributed by atoms with van der Waals surface area (Å²) < 4.78 is 9.96. The number of carbonyl (C=O) groups is 3. The maximum absolute atomic E-state index is 12.5. The Morgan fingerprint density at radius 2 is 1.43 bits per heavy atom. The summed E-state index contributed by atoms with van der Waals surface area (Å²) in [6, 6.07) is -1.51. The predicted octanol–water partition coefficient (Wildman–Crippen LogP) is 4.12. The molecular formula is C21H38N2O5. The number of unbranched alkanes of at least 4 members (excludes halogenated alkanes) is 7. The highest BCUT2D eigenvalue weighted by molar-refractivity contribution is 5.89. The summed E-state index contributed by atoms with van der Waals surface area (Å²) in [5.74, 6) is -0.817. The van der Waals surface area contributed by atoms with E-state index in [2.05, 4.69) is 18.2 Å². The fourth-order valence-corrected chi connectivity index (χ4v) is 2.65. The van der Waals surface area contributed by atoms with Gasteiger partial charge in [-0.15, -0.1) is 0 Å². The Morgan fingerprint density at radius 3 is 1.96 bits per heavy atom. The van der Waals surface area contributed by atoms with Crippen molar-refractivity contribution >= 4 is 18.0 Å². The number of likely N-dealkylation sites (N-methyl/N-ethyl adjacent to an activating group) is 2. The molecule has 2 amide bonds. The average Bonchev–Trinajstić information content (AvgIpc) is 2.69. The van der Waals surface area contributed by atoms with Crippen LogP contribution in [0.5, 0.6) is 0 Å². The molecule has 0 radical (unpaired) electrons. The second kappa shape index (κ2) is 14.9. The van der Waals surface area contributed by atoms with Gasteiger partial charge in [-0.3, -0.25) is 9.69 Å². The molecular weight excluding hydrogens is 360 g/mol. The van der Waals surface area contributed by atoms with Crippen molar-refractivity contribution in [3.05, 3.63) is 12.8 Å². The summed E-state index contributed by atoms with van der Waals surface area (Å²) >= 11 is 0. The van der Waals surface area contributed by atoms with Crippen LogP contribution in [-0.2, 0) is 19.1 Å². The summed E-state index contributed by atoms with van der Waals surface area (Å²) in [6.45, 7) is 9.06. The molecule has 0 spiro atoms. The molecule has 0 aliphatic carbocycles. The quantitative estimate of drug-likeness (QED) is 0.250. The van der Waals surface area contributed by atoms with E-state index < -0.39 is 24.1 Å². The van der Waals surface area contributed by atoms with Crippen LogP contribution in [0.2, 0.25) is 0 Å². The van der Waals surface area contributed by atoms with Gasteiger partial charge in [0.2, 0.25) is 5.91 Å². The third kappa shape index (κ3) is 9.76. The molecule has 0 saturated heterocycles. The second-order valence-electron chi connectivity index (χ2n) is 7.10. The zero-order valence-corrected chi connectivity index (χ0v) is 18.2. The third-order valence-corrected chi connectivity index (χ3v) is 4.92. The second-order valence-corrected chi connectivity index (χ2v) is 7.10. The highest BCUT2D eigenvalue weighted by Crippen LogP contribution is 2.10. The zero-order valence-electron chi connectivity index (χ0n) is 18.2. The van der Waals surface area contributed by atoms with E-state index in [0.29, 0.717) is 6.61 Å². The number of carbonyl (C=O) groups excluding carboxylic acids is 3. The first-order chi connectivity index (χ1) is 13.3. The normalized spacial score (nSPS) is 12.6. The molecule has 0 bridgehead atoms. The highest BCUT2D eigenvalue weighted by Gasteiger charge is 2.31. The summed E-state index contributed by atoms with van der Waals surface area (Å²) in [5, 5.41) is 0. The van der Waals surface area contributed by atoms with E-state index in [-0.39, 0.29) is 5.91 Å². The number of hydrogen-bond donors (Lipinski definition) is 0. The number of esters is 1. The molecule has 0 aliphatic rings. The van der Waals surface area contributed by atoms with E-state index in [1.165, 1.54) is 51.1 Å². The summed E-state index contributed by atoms with van der Waals surface area (Å²) in [5.41, 5.74) is 0. The van der Waals surface area contributed by atoms with Crippen molar-refractivity contribution in [1.29, 1.82) is 0 Å². The topological polar surface area (TPSA) is 76.2 Å². The molecule has 0 aromatic rings. The Morgan fingerprint density at radius 1 is 0.893 bits per heavy atom. The van der Waals surface area contributed by atoms with Crippen LogP contribution in [0.15, 0.2) is 12.8 Å². The van der Waals surface area contributed by atoms with Gasteiger partial charge in [0.25, 0.3) is 0 Å². The summed E-state index contributed by atoms with van der Waals surface area (Å²) in [7, 11) is 2.97. The van der Waals surface area contributed by atoms with Crippen molar-refractivity contribution in [2.45, 2.75) is 84.2 Å². The third-order valence-electron chi connectivity index (χ3n) is 4.92. The Labute approximate surface area is 170 Å². The maximum Gasteiger partial charge on any atom is 0.415 e. The number of amides is 2. The molecule has 2 unspecified atom stereocenters. The molecule has 2 atom stereocenters. The van der Waals surface area contributed by atoms with E-state index >= 15 is 0 Å². The van der Waals surface area contributed by atoms with E-state index in [9.17, 15) is 14.4 Å². The van der Waals surface area contributed by atoms with Crippen LogP contribution in [0.4, 0.5) is 4.79 Å². The summed E-state index contributed by atoms with van der Waals surface area (Å²) in [6.07, 6.45) is 9.67. The van der Waals surface area contributed by atoms with Crippen LogP contribution in [0.25, 0.3) is 0 Å². The Bertz CT molecular complexity index is 495. The van der Waals surface area contributed by atoms with Crippen LogP contribution < -0.4 is 0 Å². The lowest BCUT2D eigenvalue weighted by atomic mass is 10.1. The lowest BCUT2D eigenvalue weighted by molar-refractivity contribution is -0.154. The lowest BCUT2D eigenvalue weighted by Crippen LogP contribution is -2.51. The van der Waals surface area contributed by atoms with E-state index in [0.717, 1.165) is 30.4 Å². The van der Waals surface area contributed by atoms with E-state index in [1.54, 1.807) is 13.8 Å². The largest absolute Gasteiger partial charge is 0.464 e. The minimum absolute atomic E-state index is 0.362. The van der Waals surface area contributed by atoms with Gasteiger partial charge in [-0.2, -0.15) is 0 Å². The van der Waals surface area contributed by atoms with E-state index in [1.807, 2.05) is 0 Å². The van der Waals surface area contributed by atoms with Crippen molar-refractivity contribution in [3.8, 4) is 0 Å². The Hall–Kier alpha value is -2.05. The number of rotatable bonds is 14. The van der Waals surface area contributed by atoms with Crippen molar-refractivity contribution in [2.24, 2.45) is 0 Å². The number of hydrogen-bond acceptors (Lipinski definition) is 5. The SMILES string of the molecule is C=COC(=O)N(C)C(C)C(=O)N(C)C(C)C(=O)OCCCCCCCCCC. The summed E-state index contributed by atoms with van der Waals surface area (Å²) in [4.78, 5) is 38.8. The molecule has 28 heavy (non-hydrogen) atoms. The molecule has 0 aromatic heterocycles. The molecule has 0 heterocycles. The van der Waals surface area contributed by atoms with Gasteiger partial charge in [-0.1, -0.05) is 58.4 Å². The first-order valence-corrected chi connectivity index (χ1v) is 10.3. The van der Waals surface area contributed by atoms with Gasteiger partial charge in [0.15, 0.2) is 0 Å². The Balaban J connectivity index is 4.20. The standard InChI is InChI=1S/C21H38N2O5/c1-7-9-10-11-12-13-14-15-16-28-20(25)18(4)22(5)19(24)17(3)23(6)21(26)27-8-2/h8,17-18H,2,7,9-16H2,1,3-6H3. The Kier molecular flexibility index (Phi) is 13.8. The first kappa shape index (κ1) is 26.0. The predicted molar refractivity (Wildman–Crippen MR) is 110 cm³/mol. The average molecular weight is 399 g/mol. The number of nitrogens with zero attached hydrogens (tertiary/aromatic N) is 2. The molecule has 162 valence electrons. The maximum atomic E-state index is 12.5. The van der Waals surface area contributed by atoms with Crippen LogP contribution in [-0.4, -0.2) is 60.6 Å². The van der Waals surface area contributed by atoms with E-state index in [4.69, 9.17) is 4.74 Å². The van der Waals surface area contributed by atoms with Gasteiger partial charge in [0, 0.05) is 14.1 Å². The van der Waals surface area contributed by atoms with Crippen molar-refractivity contribution in [3.63, 3.8) is 0 Å². The molecule has 0 N–H and O–H groups in total. The molecule has 0 saturated carbocycles. The number of ether oxygens (including phenoxy) is 2.